The summed E-state index contributed by atoms with van der Waals surface area (Å²) >= 11 is 1.64. The number of nitriles is 1. The highest BCUT2D eigenvalue weighted by Crippen LogP contribution is 2.38. The summed E-state index contributed by atoms with van der Waals surface area (Å²) in [6, 6.07) is 23.8. The molecule has 0 unspecified atom stereocenters. The molecular formula is C32H31N3S. The molecule has 0 radical (unpaired) electrons. The molecule has 0 atom stereocenters. The first-order chi connectivity index (χ1) is 17.0. The maximum Gasteiger partial charge on any atom is 0.126 e. The average Bonchev–Trinajstić information content (AvgIpc) is 3.24. The van der Waals surface area contributed by atoms with Crippen molar-refractivity contribution in [2.45, 2.75) is 53.4 Å². The Kier molecular flexibility index (Phi) is 5.93. The molecule has 0 aliphatic carbocycles. The normalized spacial score (nSPS) is 12.2. The first-order valence-electron chi connectivity index (χ1n) is 12.4. The second kappa shape index (κ2) is 8.84. The topological polar surface area (TPSA) is 49.6 Å². The third-order valence-electron chi connectivity index (χ3n) is 6.41. The number of aromatic nitrogens is 2. The van der Waals surface area contributed by atoms with E-state index in [0.29, 0.717) is 5.56 Å². The standard InChI is InChI=1S/C32H31N3S/c1-31(2,3)17-20-11-12-27-29(13-20)36-30(35-27)25-16-28(34-19-23(25)18-33)22-14-21-9-7-8-10-24(21)26(15-22)32(4,5)6/h7-16,19H,17H2,1-6H3. The van der Waals surface area contributed by atoms with Gasteiger partial charge >= 0.3 is 0 Å². The van der Waals surface area contributed by atoms with Crippen LogP contribution in [0.3, 0.4) is 0 Å². The van der Waals surface area contributed by atoms with E-state index in [1.807, 2.05) is 6.07 Å². The van der Waals surface area contributed by atoms with Crippen molar-refractivity contribution in [1.82, 2.24) is 9.97 Å². The van der Waals surface area contributed by atoms with E-state index in [-0.39, 0.29) is 10.8 Å². The SMILES string of the molecule is CC(C)(C)Cc1ccc2nc(-c3cc(-c4cc(C(C)(C)C)c5ccccc5c4)ncc3C#N)sc2c1. The maximum atomic E-state index is 9.87. The Labute approximate surface area is 217 Å². The Morgan fingerprint density at radius 1 is 0.917 bits per heavy atom. The van der Waals surface area contributed by atoms with Crippen LogP contribution in [0.2, 0.25) is 0 Å². The Balaban J connectivity index is 1.64. The van der Waals surface area contributed by atoms with Gasteiger partial charge < -0.3 is 0 Å². The van der Waals surface area contributed by atoms with Crippen molar-refractivity contribution in [2.24, 2.45) is 5.41 Å². The van der Waals surface area contributed by atoms with Gasteiger partial charge in [0.2, 0.25) is 0 Å². The van der Waals surface area contributed by atoms with Crippen LogP contribution in [0.5, 0.6) is 0 Å². The van der Waals surface area contributed by atoms with Gasteiger partial charge in [0, 0.05) is 17.3 Å². The van der Waals surface area contributed by atoms with Crippen molar-refractivity contribution in [3.63, 3.8) is 0 Å². The van der Waals surface area contributed by atoms with E-state index in [0.717, 1.165) is 38.5 Å². The monoisotopic (exact) mass is 489 g/mol. The molecular weight excluding hydrogens is 458 g/mol. The summed E-state index contributed by atoms with van der Waals surface area (Å²) in [6.07, 6.45) is 2.70. The number of fused-ring (bicyclic) bond motifs is 2. The molecule has 2 aromatic heterocycles. The van der Waals surface area contributed by atoms with Gasteiger partial charge in [-0.15, -0.1) is 11.3 Å². The van der Waals surface area contributed by atoms with Crippen LogP contribution in [0.4, 0.5) is 0 Å². The molecule has 180 valence electrons. The van der Waals surface area contributed by atoms with E-state index in [4.69, 9.17) is 9.97 Å². The fourth-order valence-corrected chi connectivity index (χ4v) is 5.82. The number of pyridine rings is 1. The molecule has 0 amide bonds. The van der Waals surface area contributed by atoms with E-state index in [2.05, 4.69) is 102 Å². The summed E-state index contributed by atoms with van der Waals surface area (Å²) in [4.78, 5) is 9.61. The molecule has 0 fully saturated rings. The summed E-state index contributed by atoms with van der Waals surface area (Å²) < 4.78 is 1.15. The van der Waals surface area contributed by atoms with Crippen molar-refractivity contribution in [3.05, 3.63) is 83.6 Å². The Morgan fingerprint density at radius 2 is 1.69 bits per heavy atom. The highest BCUT2D eigenvalue weighted by atomic mass is 32.1. The summed E-state index contributed by atoms with van der Waals surface area (Å²) in [7, 11) is 0. The quantitative estimate of drug-likeness (QED) is 0.254. The molecule has 2 heterocycles. The number of thiazole rings is 1. The van der Waals surface area contributed by atoms with E-state index in [1.165, 1.54) is 21.9 Å². The van der Waals surface area contributed by atoms with Crippen molar-refractivity contribution < 1.29 is 0 Å². The predicted octanol–water partition coefficient (Wildman–Crippen LogP) is 8.94. The molecule has 0 spiro atoms. The Morgan fingerprint density at radius 3 is 2.42 bits per heavy atom. The van der Waals surface area contributed by atoms with Gasteiger partial charge in [0.25, 0.3) is 0 Å². The van der Waals surface area contributed by atoms with Gasteiger partial charge in [-0.3, -0.25) is 4.98 Å². The van der Waals surface area contributed by atoms with Gasteiger partial charge in [-0.2, -0.15) is 5.26 Å². The molecule has 0 bridgehead atoms. The minimum atomic E-state index is -0.0111. The lowest BCUT2D eigenvalue weighted by Crippen LogP contribution is -2.12. The third-order valence-corrected chi connectivity index (χ3v) is 7.46. The molecule has 0 aliphatic rings. The zero-order valence-electron chi connectivity index (χ0n) is 21.8. The third kappa shape index (κ3) is 4.76. The fraction of sp³-hybridized carbons (Fsp3) is 0.281. The van der Waals surface area contributed by atoms with Crippen molar-refractivity contribution in [1.29, 1.82) is 5.26 Å². The molecule has 0 N–H and O–H groups in total. The maximum absolute atomic E-state index is 9.87. The van der Waals surface area contributed by atoms with Gasteiger partial charge in [-0.1, -0.05) is 71.9 Å². The van der Waals surface area contributed by atoms with Crippen LogP contribution in [0.25, 0.3) is 42.8 Å². The van der Waals surface area contributed by atoms with Gasteiger partial charge in [-0.05, 0) is 69.5 Å². The molecule has 0 saturated heterocycles. The van der Waals surface area contributed by atoms with Crippen molar-refractivity contribution in [3.8, 4) is 27.9 Å². The van der Waals surface area contributed by atoms with Crippen LogP contribution < -0.4 is 0 Å². The molecule has 4 heteroatoms. The van der Waals surface area contributed by atoms with E-state index in [9.17, 15) is 5.26 Å². The van der Waals surface area contributed by atoms with Gasteiger partial charge in [0.15, 0.2) is 0 Å². The Bertz CT molecular complexity index is 1640. The molecule has 5 rings (SSSR count). The number of hydrogen-bond donors (Lipinski definition) is 0. The molecule has 3 nitrogen and oxygen atoms in total. The van der Waals surface area contributed by atoms with E-state index >= 15 is 0 Å². The van der Waals surface area contributed by atoms with Gasteiger partial charge in [0.05, 0.1) is 21.5 Å². The van der Waals surface area contributed by atoms with Crippen LogP contribution >= 0.6 is 11.3 Å². The Hall–Kier alpha value is -3.55. The minimum Gasteiger partial charge on any atom is -0.255 e. The molecule has 0 aliphatic heterocycles. The minimum absolute atomic E-state index is 0.0111. The second-order valence-corrected chi connectivity index (χ2v) is 12.8. The summed E-state index contributed by atoms with van der Waals surface area (Å²) in [5, 5.41) is 13.2. The van der Waals surface area contributed by atoms with Crippen LogP contribution in [0.15, 0.2) is 66.9 Å². The zero-order valence-corrected chi connectivity index (χ0v) is 22.6. The largest absolute Gasteiger partial charge is 0.255 e. The summed E-state index contributed by atoms with van der Waals surface area (Å²) in [5.74, 6) is 0. The van der Waals surface area contributed by atoms with E-state index < -0.39 is 0 Å². The van der Waals surface area contributed by atoms with Crippen LogP contribution in [0.1, 0.15) is 58.2 Å². The van der Waals surface area contributed by atoms with Crippen molar-refractivity contribution in [2.75, 3.05) is 0 Å². The smallest absolute Gasteiger partial charge is 0.126 e. The highest BCUT2D eigenvalue weighted by molar-refractivity contribution is 7.21. The number of rotatable bonds is 3. The molecule has 0 saturated carbocycles. The zero-order chi connectivity index (χ0) is 25.7. The predicted molar refractivity (Wildman–Crippen MR) is 152 cm³/mol. The summed E-state index contributed by atoms with van der Waals surface area (Å²) in [5.41, 5.74) is 7.07. The molecule has 36 heavy (non-hydrogen) atoms. The number of hydrogen-bond acceptors (Lipinski definition) is 4. The number of benzene rings is 3. The van der Waals surface area contributed by atoms with Crippen LogP contribution in [-0.4, -0.2) is 9.97 Å². The molecule has 3 aromatic carbocycles. The highest BCUT2D eigenvalue weighted by Gasteiger charge is 2.20. The number of nitrogens with zero attached hydrogens (tertiary/aromatic N) is 3. The summed E-state index contributed by atoms with van der Waals surface area (Å²) in [6.45, 7) is 13.5. The second-order valence-electron chi connectivity index (χ2n) is 11.8. The van der Waals surface area contributed by atoms with Crippen LogP contribution in [-0.2, 0) is 11.8 Å². The average molecular weight is 490 g/mol. The lowest BCUT2D eigenvalue weighted by molar-refractivity contribution is 0.411. The fourth-order valence-electron chi connectivity index (χ4n) is 4.76. The van der Waals surface area contributed by atoms with E-state index in [1.54, 1.807) is 17.5 Å². The van der Waals surface area contributed by atoms with Crippen LogP contribution in [0, 0.1) is 16.7 Å². The first kappa shape index (κ1) is 24.2. The lowest BCUT2D eigenvalue weighted by Gasteiger charge is -2.22. The van der Waals surface area contributed by atoms with Crippen molar-refractivity contribution >= 4 is 32.3 Å². The molecule has 5 aromatic rings. The van der Waals surface area contributed by atoms with Gasteiger partial charge in [0.1, 0.15) is 11.1 Å². The lowest BCUT2D eigenvalue weighted by atomic mass is 9.82. The first-order valence-corrected chi connectivity index (χ1v) is 13.2. The van der Waals surface area contributed by atoms with Gasteiger partial charge in [-0.25, -0.2) is 4.98 Å².